The molecular weight excluding hydrogens is 302 g/mol. The highest BCUT2D eigenvalue weighted by atomic mass is 16.5. The Morgan fingerprint density at radius 1 is 1.04 bits per heavy atom. The van der Waals surface area contributed by atoms with Crippen LogP contribution in [0.2, 0.25) is 0 Å². The summed E-state index contributed by atoms with van der Waals surface area (Å²) in [5.41, 5.74) is 0. The zero-order chi connectivity index (χ0) is 16.8. The molecule has 3 rings (SSSR count). The van der Waals surface area contributed by atoms with E-state index in [0.717, 1.165) is 37.5 Å². The van der Waals surface area contributed by atoms with E-state index in [-0.39, 0.29) is 12.5 Å². The van der Waals surface area contributed by atoms with E-state index in [1.165, 1.54) is 32.1 Å². The van der Waals surface area contributed by atoms with Crippen LogP contribution in [0.4, 0.5) is 0 Å². The van der Waals surface area contributed by atoms with Gasteiger partial charge in [-0.3, -0.25) is 4.79 Å². The highest BCUT2D eigenvalue weighted by Gasteiger charge is 2.35. The maximum Gasteiger partial charge on any atom is 0.260 e. The molecule has 1 aliphatic heterocycles. The second-order valence-electron chi connectivity index (χ2n) is 6.95. The first-order chi connectivity index (χ1) is 11.8. The minimum atomic E-state index is 0.137. The van der Waals surface area contributed by atoms with Gasteiger partial charge in [-0.15, -0.1) is 0 Å². The number of fused-ring (bicyclic) bond motifs is 1. The summed E-state index contributed by atoms with van der Waals surface area (Å²) in [6.45, 7) is 3.84. The van der Waals surface area contributed by atoms with Crippen LogP contribution >= 0.6 is 0 Å². The molecule has 1 heterocycles. The summed E-state index contributed by atoms with van der Waals surface area (Å²) in [5.74, 6) is 2.42. The molecule has 0 N–H and O–H groups in total. The highest BCUT2D eigenvalue weighted by Crippen LogP contribution is 2.35. The average Bonchev–Trinajstić information content (AvgIpc) is 2.64. The van der Waals surface area contributed by atoms with Crippen molar-refractivity contribution in [3.05, 3.63) is 24.3 Å². The first-order valence-corrected chi connectivity index (χ1v) is 9.43. The second-order valence-corrected chi connectivity index (χ2v) is 6.95. The number of piperidine rings is 1. The van der Waals surface area contributed by atoms with E-state index in [0.29, 0.717) is 12.0 Å². The molecule has 4 heteroatoms. The molecule has 1 aromatic carbocycles. The molecule has 1 saturated carbocycles. The van der Waals surface area contributed by atoms with Gasteiger partial charge in [0.2, 0.25) is 0 Å². The van der Waals surface area contributed by atoms with Crippen molar-refractivity contribution in [3.63, 3.8) is 0 Å². The molecule has 1 saturated heterocycles. The van der Waals surface area contributed by atoms with Crippen molar-refractivity contribution >= 4 is 5.91 Å². The third-order valence-electron chi connectivity index (χ3n) is 5.22. The Balaban J connectivity index is 1.51. The summed E-state index contributed by atoms with van der Waals surface area (Å²) in [4.78, 5) is 14.7. The predicted octanol–water partition coefficient (Wildman–Crippen LogP) is 4.04. The summed E-state index contributed by atoms with van der Waals surface area (Å²) >= 11 is 0. The molecule has 1 aliphatic carbocycles. The van der Waals surface area contributed by atoms with Crippen LogP contribution in [-0.2, 0) is 4.79 Å². The molecule has 2 aliphatic rings. The van der Waals surface area contributed by atoms with Gasteiger partial charge in [-0.2, -0.15) is 0 Å². The lowest BCUT2D eigenvalue weighted by Crippen LogP contribution is -2.51. The number of amides is 1. The molecule has 0 bridgehead atoms. The van der Waals surface area contributed by atoms with Gasteiger partial charge in [-0.1, -0.05) is 19.8 Å². The molecule has 1 amide bonds. The van der Waals surface area contributed by atoms with Crippen molar-refractivity contribution in [1.29, 1.82) is 0 Å². The fourth-order valence-corrected chi connectivity index (χ4v) is 4.01. The van der Waals surface area contributed by atoms with Crippen LogP contribution in [0.15, 0.2) is 24.3 Å². The van der Waals surface area contributed by atoms with Crippen LogP contribution in [-0.4, -0.2) is 36.6 Å². The Hall–Kier alpha value is -1.71. The van der Waals surface area contributed by atoms with E-state index >= 15 is 0 Å². The lowest BCUT2D eigenvalue weighted by atomic mass is 9.78. The van der Waals surface area contributed by atoms with Crippen LogP contribution in [0.3, 0.4) is 0 Å². The molecule has 0 radical (unpaired) electrons. The lowest BCUT2D eigenvalue weighted by molar-refractivity contribution is -0.139. The van der Waals surface area contributed by atoms with Crippen LogP contribution < -0.4 is 9.47 Å². The number of nitrogens with zero attached hydrogens (tertiary/aromatic N) is 1. The smallest absolute Gasteiger partial charge is 0.260 e. The van der Waals surface area contributed by atoms with Crippen LogP contribution in [0, 0.1) is 5.92 Å². The summed E-state index contributed by atoms with van der Waals surface area (Å²) in [6.07, 6.45) is 8.45. The molecule has 0 spiro atoms. The van der Waals surface area contributed by atoms with Crippen LogP contribution in [0.1, 0.15) is 51.9 Å². The maximum atomic E-state index is 12.6. The minimum absolute atomic E-state index is 0.137. The number of carbonyl (C=O) groups is 1. The van der Waals surface area contributed by atoms with Crippen LogP contribution in [0.25, 0.3) is 0 Å². The second kappa shape index (κ2) is 8.41. The number of carbonyl (C=O) groups excluding carboxylic acids is 1. The van der Waals surface area contributed by atoms with Gasteiger partial charge in [-0.05, 0) is 62.3 Å². The van der Waals surface area contributed by atoms with E-state index in [2.05, 4.69) is 11.8 Å². The van der Waals surface area contributed by atoms with Gasteiger partial charge in [-0.25, -0.2) is 0 Å². The topological polar surface area (TPSA) is 38.8 Å². The van der Waals surface area contributed by atoms with Crippen molar-refractivity contribution in [2.45, 2.75) is 57.9 Å². The van der Waals surface area contributed by atoms with Crippen molar-refractivity contribution in [3.8, 4) is 11.5 Å². The van der Waals surface area contributed by atoms with Crippen molar-refractivity contribution < 1.29 is 14.3 Å². The summed E-state index contributed by atoms with van der Waals surface area (Å²) in [7, 11) is 0. The molecule has 2 atom stereocenters. The Kier molecular flexibility index (Phi) is 6.00. The number of rotatable bonds is 6. The third-order valence-corrected chi connectivity index (χ3v) is 5.22. The molecule has 132 valence electrons. The Morgan fingerprint density at radius 2 is 1.71 bits per heavy atom. The van der Waals surface area contributed by atoms with Crippen molar-refractivity contribution in [1.82, 2.24) is 4.90 Å². The highest BCUT2D eigenvalue weighted by molar-refractivity contribution is 5.78. The number of likely N-dealkylation sites (tertiary alicyclic amines) is 1. The summed E-state index contributed by atoms with van der Waals surface area (Å²) < 4.78 is 11.3. The Morgan fingerprint density at radius 3 is 2.46 bits per heavy atom. The van der Waals surface area contributed by atoms with Crippen molar-refractivity contribution in [2.75, 3.05) is 19.8 Å². The number of ether oxygens (including phenoxy) is 2. The minimum Gasteiger partial charge on any atom is -0.494 e. The first kappa shape index (κ1) is 17.1. The normalized spacial score (nSPS) is 23.5. The van der Waals surface area contributed by atoms with E-state index < -0.39 is 0 Å². The van der Waals surface area contributed by atoms with Gasteiger partial charge in [0.25, 0.3) is 5.91 Å². The summed E-state index contributed by atoms with van der Waals surface area (Å²) in [5, 5.41) is 0. The zero-order valence-electron chi connectivity index (χ0n) is 14.7. The largest absolute Gasteiger partial charge is 0.494 e. The monoisotopic (exact) mass is 331 g/mol. The standard InChI is InChI=1S/C20H29NO3/c1-2-14-23-17-9-11-18(12-10-17)24-15-20(22)21-13-5-7-16-6-3-4-8-19(16)21/h9-12,16,19H,2-8,13-15H2,1H3. The van der Waals surface area contributed by atoms with E-state index in [4.69, 9.17) is 9.47 Å². The van der Waals surface area contributed by atoms with Gasteiger partial charge in [0.15, 0.2) is 6.61 Å². The van der Waals surface area contributed by atoms with E-state index in [1.54, 1.807) is 0 Å². The number of benzene rings is 1. The zero-order valence-corrected chi connectivity index (χ0v) is 14.7. The van der Waals surface area contributed by atoms with Gasteiger partial charge >= 0.3 is 0 Å². The van der Waals surface area contributed by atoms with Crippen LogP contribution in [0.5, 0.6) is 11.5 Å². The molecule has 0 aromatic heterocycles. The molecule has 2 unspecified atom stereocenters. The number of hydrogen-bond acceptors (Lipinski definition) is 3. The molecule has 4 nitrogen and oxygen atoms in total. The first-order valence-electron chi connectivity index (χ1n) is 9.43. The Bertz CT molecular complexity index is 526. The van der Waals surface area contributed by atoms with Gasteiger partial charge in [0, 0.05) is 12.6 Å². The fraction of sp³-hybridized carbons (Fsp3) is 0.650. The number of hydrogen-bond donors (Lipinski definition) is 0. The lowest BCUT2D eigenvalue weighted by Gasteiger charge is -2.44. The predicted molar refractivity (Wildman–Crippen MR) is 94.4 cm³/mol. The van der Waals surface area contributed by atoms with Gasteiger partial charge < -0.3 is 14.4 Å². The molecule has 1 aromatic rings. The molecule has 24 heavy (non-hydrogen) atoms. The summed E-state index contributed by atoms with van der Waals surface area (Å²) in [6, 6.07) is 7.99. The van der Waals surface area contributed by atoms with E-state index in [9.17, 15) is 4.79 Å². The Labute approximate surface area is 145 Å². The SMILES string of the molecule is CCCOc1ccc(OCC(=O)N2CCCC3CCCCC32)cc1. The quantitative estimate of drug-likeness (QED) is 0.790. The molecule has 2 fully saturated rings. The fourth-order valence-electron chi connectivity index (χ4n) is 4.01. The maximum absolute atomic E-state index is 12.6. The van der Waals surface area contributed by atoms with Crippen molar-refractivity contribution in [2.24, 2.45) is 5.92 Å². The third kappa shape index (κ3) is 4.22. The van der Waals surface area contributed by atoms with E-state index in [1.807, 2.05) is 24.3 Å². The molecular formula is C20H29NO3. The van der Waals surface area contributed by atoms with Gasteiger partial charge in [0.05, 0.1) is 6.61 Å². The average molecular weight is 331 g/mol. The van der Waals surface area contributed by atoms with Gasteiger partial charge in [0.1, 0.15) is 11.5 Å².